The number of hydrogen-bond acceptors (Lipinski definition) is 4. The van der Waals surface area contributed by atoms with Crippen molar-refractivity contribution in [1.29, 1.82) is 0 Å². The second kappa shape index (κ2) is 8.41. The Kier molecular flexibility index (Phi) is 5.50. The molecule has 1 heterocycles. The molecule has 0 aliphatic rings. The van der Waals surface area contributed by atoms with Gasteiger partial charge in [-0.25, -0.2) is 12.8 Å². The average molecular weight is 436 g/mol. The Hall–Kier alpha value is -3.98. The van der Waals surface area contributed by atoms with E-state index in [1.807, 2.05) is 18.2 Å². The van der Waals surface area contributed by atoms with Gasteiger partial charge in [0.05, 0.1) is 10.6 Å². The molecule has 1 amide bonds. The van der Waals surface area contributed by atoms with Crippen molar-refractivity contribution in [3.63, 3.8) is 0 Å². The summed E-state index contributed by atoms with van der Waals surface area (Å²) < 4.78 is 40.1. The van der Waals surface area contributed by atoms with Gasteiger partial charge in [-0.05, 0) is 72.3 Å². The summed E-state index contributed by atoms with van der Waals surface area (Å²) >= 11 is 0. The number of rotatable bonds is 6. The Bertz CT molecular complexity index is 1290. The molecule has 0 unspecified atom stereocenters. The number of aromatic amines is 1. The van der Waals surface area contributed by atoms with E-state index >= 15 is 0 Å². The molecule has 0 fully saturated rings. The van der Waals surface area contributed by atoms with E-state index in [0.717, 1.165) is 23.4 Å². The van der Waals surface area contributed by atoms with Crippen molar-refractivity contribution >= 4 is 27.3 Å². The zero-order valence-corrected chi connectivity index (χ0v) is 16.9. The molecule has 0 aliphatic heterocycles. The van der Waals surface area contributed by atoms with Crippen LogP contribution in [0.2, 0.25) is 0 Å². The quantitative estimate of drug-likeness (QED) is 0.420. The molecule has 0 saturated carbocycles. The summed E-state index contributed by atoms with van der Waals surface area (Å²) in [7, 11) is -3.86. The van der Waals surface area contributed by atoms with Crippen molar-refractivity contribution in [2.45, 2.75) is 4.90 Å². The number of aromatic nitrogens is 2. The van der Waals surface area contributed by atoms with E-state index in [1.54, 1.807) is 18.3 Å². The predicted octanol–water partition coefficient (Wildman–Crippen LogP) is 4.27. The van der Waals surface area contributed by atoms with Crippen molar-refractivity contribution in [2.24, 2.45) is 0 Å². The first-order valence-electron chi connectivity index (χ1n) is 9.20. The molecule has 7 nitrogen and oxygen atoms in total. The van der Waals surface area contributed by atoms with E-state index in [0.29, 0.717) is 11.3 Å². The van der Waals surface area contributed by atoms with Gasteiger partial charge in [0.25, 0.3) is 15.9 Å². The highest BCUT2D eigenvalue weighted by atomic mass is 32.2. The highest BCUT2D eigenvalue weighted by Crippen LogP contribution is 2.20. The largest absolute Gasteiger partial charge is 0.322 e. The maximum atomic E-state index is 13.0. The Labute approximate surface area is 178 Å². The van der Waals surface area contributed by atoms with Gasteiger partial charge in [0.15, 0.2) is 0 Å². The summed E-state index contributed by atoms with van der Waals surface area (Å²) in [5, 5.41) is 9.57. The van der Waals surface area contributed by atoms with Crippen LogP contribution in [0, 0.1) is 5.82 Å². The van der Waals surface area contributed by atoms with Gasteiger partial charge in [0.2, 0.25) is 0 Å². The highest BCUT2D eigenvalue weighted by molar-refractivity contribution is 7.92. The first-order valence-corrected chi connectivity index (χ1v) is 10.7. The molecule has 3 aromatic carbocycles. The molecule has 0 saturated heterocycles. The van der Waals surface area contributed by atoms with Crippen molar-refractivity contribution < 1.29 is 17.6 Å². The van der Waals surface area contributed by atoms with Crippen molar-refractivity contribution in [3.8, 4) is 11.3 Å². The molecule has 0 aliphatic carbocycles. The maximum Gasteiger partial charge on any atom is 0.261 e. The Morgan fingerprint density at radius 1 is 0.839 bits per heavy atom. The SMILES string of the molecule is O=C(Nc1ccc(-c2ccn[nH]2)cc1)c1ccc(NS(=O)(=O)c2ccc(F)cc2)cc1. The summed E-state index contributed by atoms with van der Waals surface area (Å²) in [6, 6.07) is 19.6. The molecule has 3 N–H and O–H groups in total. The molecular formula is C22H17FN4O3S. The van der Waals surface area contributed by atoms with Gasteiger partial charge >= 0.3 is 0 Å². The number of anilines is 2. The Morgan fingerprint density at radius 2 is 1.48 bits per heavy atom. The Balaban J connectivity index is 1.41. The van der Waals surface area contributed by atoms with Gasteiger partial charge in [0, 0.05) is 23.1 Å². The van der Waals surface area contributed by atoms with Crippen LogP contribution >= 0.6 is 0 Å². The number of nitrogens with one attached hydrogen (secondary N) is 3. The second-order valence-corrected chi connectivity index (χ2v) is 8.32. The van der Waals surface area contributed by atoms with Gasteiger partial charge in [-0.15, -0.1) is 0 Å². The fraction of sp³-hybridized carbons (Fsp3) is 0. The van der Waals surface area contributed by atoms with Gasteiger partial charge in [-0.3, -0.25) is 14.6 Å². The first-order chi connectivity index (χ1) is 14.9. The van der Waals surface area contributed by atoms with E-state index in [2.05, 4.69) is 20.2 Å². The number of sulfonamides is 1. The molecule has 4 aromatic rings. The zero-order chi connectivity index (χ0) is 21.8. The summed E-state index contributed by atoms with van der Waals surface area (Å²) in [5.74, 6) is -0.854. The lowest BCUT2D eigenvalue weighted by molar-refractivity contribution is 0.102. The molecule has 0 radical (unpaired) electrons. The number of benzene rings is 3. The van der Waals surface area contributed by atoms with Crippen LogP contribution in [0.3, 0.4) is 0 Å². The minimum Gasteiger partial charge on any atom is -0.322 e. The predicted molar refractivity (Wildman–Crippen MR) is 116 cm³/mol. The molecule has 0 spiro atoms. The molecule has 0 atom stereocenters. The molecule has 0 bridgehead atoms. The van der Waals surface area contributed by atoms with Gasteiger partial charge in [0.1, 0.15) is 5.82 Å². The lowest BCUT2D eigenvalue weighted by Gasteiger charge is -2.09. The van der Waals surface area contributed by atoms with Crippen LogP contribution < -0.4 is 10.0 Å². The zero-order valence-electron chi connectivity index (χ0n) is 16.0. The molecule has 9 heteroatoms. The van der Waals surface area contributed by atoms with E-state index in [-0.39, 0.29) is 16.5 Å². The second-order valence-electron chi connectivity index (χ2n) is 6.64. The number of carbonyl (C=O) groups excluding carboxylic acids is 1. The third-order valence-corrected chi connectivity index (χ3v) is 5.87. The molecular weight excluding hydrogens is 419 g/mol. The van der Waals surface area contributed by atoms with E-state index in [1.165, 1.54) is 36.4 Å². The number of carbonyl (C=O) groups is 1. The van der Waals surface area contributed by atoms with Crippen LogP contribution in [-0.2, 0) is 10.0 Å². The minimum atomic E-state index is -3.86. The summed E-state index contributed by atoms with van der Waals surface area (Å²) in [5.41, 5.74) is 3.08. The van der Waals surface area contributed by atoms with E-state index in [4.69, 9.17) is 0 Å². The van der Waals surface area contributed by atoms with Crippen LogP contribution in [-0.4, -0.2) is 24.5 Å². The smallest absolute Gasteiger partial charge is 0.261 e. The van der Waals surface area contributed by atoms with Gasteiger partial charge in [-0.2, -0.15) is 5.10 Å². The van der Waals surface area contributed by atoms with Crippen LogP contribution in [0.15, 0.2) is 90.0 Å². The standard InChI is InChI=1S/C22H17FN4O3S/c23-17-5-11-20(12-6-17)31(29,30)27-19-9-3-16(4-10-19)22(28)25-18-7-1-15(2-8-18)21-13-14-24-26-21/h1-14,27H,(H,24,26)(H,25,28). The number of hydrogen-bond donors (Lipinski definition) is 3. The molecule has 31 heavy (non-hydrogen) atoms. The maximum absolute atomic E-state index is 13.0. The van der Waals surface area contributed by atoms with E-state index < -0.39 is 15.8 Å². The van der Waals surface area contributed by atoms with Crippen LogP contribution in [0.1, 0.15) is 10.4 Å². The normalized spacial score (nSPS) is 11.1. The summed E-state index contributed by atoms with van der Waals surface area (Å²) in [6.07, 6.45) is 1.66. The van der Waals surface area contributed by atoms with Crippen molar-refractivity contribution in [2.75, 3.05) is 10.0 Å². The third-order valence-electron chi connectivity index (χ3n) is 4.48. The highest BCUT2D eigenvalue weighted by Gasteiger charge is 2.15. The number of nitrogens with zero attached hydrogens (tertiary/aromatic N) is 1. The fourth-order valence-electron chi connectivity index (χ4n) is 2.87. The minimum absolute atomic E-state index is 0.0608. The molecule has 156 valence electrons. The van der Waals surface area contributed by atoms with E-state index in [9.17, 15) is 17.6 Å². The number of halogens is 1. The molecule has 1 aromatic heterocycles. The van der Waals surface area contributed by atoms with Crippen LogP contribution in [0.25, 0.3) is 11.3 Å². The molecule has 4 rings (SSSR count). The fourth-order valence-corrected chi connectivity index (χ4v) is 3.93. The lowest BCUT2D eigenvalue weighted by atomic mass is 10.1. The number of amides is 1. The first kappa shape index (κ1) is 20.3. The third kappa shape index (κ3) is 4.78. The monoisotopic (exact) mass is 436 g/mol. The van der Waals surface area contributed by atoms with Crippen LogP contribution in [0.5, 0.6) is 0 Å². The van der Waals surface area contributed by atoms with Crippen molar-refractivity contribution in [1.82, 2.24) is 10.2 Å². The van der Waals surface area contributed by atoms with Crippen LogP contribution in [0.4, 0.5) is 15.8 Å². The lowest BCUT2D eigenvalue weighted by Crippen LogP contribution is -2.14. The van der Waals surface area contributed by atoms with Crippen molar-refractivity contribution in [3.05, 3.63) is 96.4 Å². The number of H-pyrrole nitrogens is 1. The summed E-state index contributed by atoms with van der Waals surface area (Å²) in [6.45, 7) is 0. The Morgan fingerprint density at radius 3 is 2.10 bits per heavy atom. The average Bonchev–Trinajstić information content (AvgIpc) is 3.30. The van der Waals surface area contributed by atoms with Gasteiger partial charge in [-0.1, -0.05) is 12.1 Å². The topological polar surface area (TPSA) is 104 Å². The van der Waals surface area contributed by atoms with Gasteiger partial charge < -0.3 is 5.32 Å². The summed E-state index contributed by atoms with van der Waals surface area (Å²) in [4.78, 5) is 12.4.